The van der Waals surface area contributed by atoms with Crippen LogP contribution in [0, 0.1) is 0 Å². The summed E-state index contributed by atoms with van der Waals surface area (Å²) in [6.07, 6.45) is 0.869. The standard InChI is InChI=1S/C13H17Cl2N/c1-4-16-12(8-9(2)3)10-6-5-7-11(14)13(10)15/h5-7,12,16H,2,4,8H2,1,3H3. The second-order valence-corrected chi connectivity index (χ2v) is 4.70. The summed E-state index contributed by atoms with van der Waals surface area (Å²) < 4.78 is 0. The van der Waals surface area contributed by atoms with Crippen molar-refractivity contribution < 1.29 is 0 Å². The molecule has 0 fully saturated rings. The van der Waals surface area contributed by atoms with Crippen LogP contribution in [-0.4, -0.2) is 6.54 Å². The third kappa shape index (κ3) is 3.51. The Balaban J connectivity index is 3.00. The van der Waals surface area contributed by atoms with E-state index in [0.717, 1.165) is 24.1 Å². The molecule has 88 valence electrons. The zero-order valence-corrected chi connectivity index (χ0v) is 11.2. The zero-order chi connectivity index (χ0) is 12.1. The van der Waals surface area contributed by atoms with E-state index in [0.29, 0.717) is 10.0 Å². The van der Waals surface area contributed by atoms with Gasteiger partial charge in [-0.05, 0) is 31.5 Å². The minimum Gasteiger partial charge on any atom is -0.310 e. The maximum atomic E-state index is 6.21. The number of nitrogens with one attached hydrogen (secondary N) is 1. The molecule has 1 rings (SSSR count). The highest BCUT2D eigenvalue weighted by atomic mass is 35.5. The molecule has 0 aliphatic rings. The molecule has 1 aromatic carbocycles. The highest BCUT2D eigenvalue weighted by molar-refractivity contribution is 6.42. The van der Waals surface area contributed by atoms with Crippen molar-refractivity contribution in [2.75, 3.05) is 6.54 Å². The Labute approximate surface area is 107 Å². The molecule has 0 aliphatic heterocycles. The van der Waals surface area contributed by atoms with E-state index in [-0.39, 0.29) is 6.04 Å². The Bertz CT molecular complexity index is 374. The molecule has 1 unspecified atom stereocenters. The van der Waals surface area contributed by atoms with Crippen LogP contribution >= 0.6 is 23.2 Å². The number of hydrogen-bond donors (Lipinski definition) is 1. The summed E-state index contributed by atoms with van der Waals surface area (Å²) in [5.74, 6) is 0. The van der Waals surface area contributed by atoms with Crippen LogP contribution in [0.5, 0.6) is 0 Å². The van der Waals surface area contributed by atoms with Gasteiger partial charge in [-0.2, -0.15) is 0 Å². The molecule has 1 N–H and O–H groups in total. The summed E-state index contributed by atoms with van der Waals surface area (Å²) >= 11 is 12.2. The van der Waals surface area contributed by atoms with Gasteiger partial charge in [-0.15, -0.1) is 6.58 Å². The van der Waals surface area contributed by atoms with Crippen LogP contribution in [0.1, 0.15) is 31.9 Å². The molecule has 3 heteroatoms. The molecule has 0 radical (unpaired) electrons. The van der Waals surface area contributed by atoms with E-state index in [9.17, 15) is 0 Å². The van der Waals surface area contributed by atoms with Crippen LogP contribution in [0.4, 0.5) is 0 Å². The van der Waals surface area contributed by atoms with Crippen LogP contribution in [0.2, 0.25) is 10.0 Å². The summed E-state index contributed by atoms with van der Waals surface area (Å²) in [5.41, 5.74) is 2.17. The van der Waals surface area contributed by atoms with Crippen LogP contribution < -0.4 is 5.32 Å². The second kappa shape index (κ2) is 6.29. The monoisotopic (exact) mass is 257 g/mol. The Morgan fingerprint density at radius 2 is 2.12 bits per heavy atom. The normalized spacial score (nSPS) is 12.5. The van der Waals surface area contributed by atoms with Gasteiger partial charge in [0, 0.05) is 6.04 Å². The molecule has 0 aromatic heterocycles. The van der Waals surface area contributed by atoms with Crippen molar-refractivity contribution in [3.05, 3.63) is 46.0 Å². The molecule has 16 heavy (non-hydrogen) atoms. The summed E-state index contributed by atoms with van der Waals surface area (Å²) in [5, 5.41) is 4.63. The van der Waals surface area contributed by atoms with Crippen LogP contribution in [0.15, 0.2) is 30.4 Å². The zero-order valence-electron chi connectivity index (χ0n) is 9.69. The number of hydrogen-bond acceptors (Lipinski definition) is 1. The predicted octanol–water partition coefficient (Wildman–Crippen LogP) is 4.61. The van der Waals surface area contributed by atoms with Crippen LogP contribution in [0.3, 0.4) is 0 Å². The molecule has 1 nitrogen and oxygen atoms in total. The first-order chi connectivity index (χ1) is 7.56. The Kier molecular flexibility index (Phi) is 5.33. The molecular weight excluding hydrogens is 241 g/mol. The summed E-state index contributed by atoms with van der Waals surface area (Å²) in [7, 11) is 0. The van der Waals surface area contributed by atoms with Gasteiger partial charge in [0.15, 0.2) is 0 Å². The second-order valence-electron chi connectivity index (χ2n) is 3.91. The van der Waals surface area contributed by atoms with Gasteiger partial charge in [-0.1, -0.05) is 47.8 Å². The van der Waals surface area contributed by atoms with E-state index in [2.05, 4.69) is 18.8 Å². The van der Waals surface area contributed by atoms with Gasteiger partial charge in [0.1, 0.15) is 0 Å². The van der Waals surface area contributed by atoms with Gasteiger partial charge in [-0.25, -0.2) is 0 Å². The fourth-order valence-electron chi connectivity index (χ4n) is 1.68. The van der Waals surface area contributed by atoms with Gasteiger partial charge in [0.25, 0.3) is 0 Å². The summed E-state index contributed by atoms with van der Waals surface area (Å²) in [6, 6.07) is 5.92. The van der Waals surface area contributed by atoms with Gasteiger partial charge in [-0.3, -0.25) is 0 Å². The molecule has 1 atom stereocenters. The smallest absolute Gasteiger partial charge is 0.0640 e. The lowest BCUT2D eigenvalue weighted by atomic mass is 10.0. The maximum Gasteiger partial charge on any atom is 0.0640 e. The van der Waals surface area contributed by atoms with E-state index >= 15 is 0 Å². The van der Waals surface area contributed by atoms with Crippen molar-refractivity contribution in [3.63, 3.8) is 0 Å². The average Bonchev–Trinajstić information content (AvgIpc) is 2.21. The minimum absolute atomic E-state index is 0.189. The topological polar surface area (TPSA) is 12.0 Å². The Hall–Kier alpha value is -0.500. The molecule has 0 saturated heterocycles. The van der Waals surface area contributed by atoms with E-state index in [1.54, 1.807) is 6.07 Å². The van der Waals surface area contributed by atoms with E-state index < -0.39 is 0 Å². The third-order valence-electron chi connectivity index (χ3n) is 2.36. The largest absolute Gasteiger partial charge is 0.310 e. The summed E-state index contributed by atoms with van der Waals surface area (Å²) in [6.45, 7) is 8.92. The lowest BCUT2D eigenvalue weighted by Gasteiger charge is -2.20. The predicted molar refractivity (Wildman–Crippen MR) is 72.3 cm³/mol. The minimum atomic E-state index is 0.189. The van der Waals surface area contributed by atoms with E-state index in [1.807, 2.05) is 19.1 Å². The average molecular weight is 258 g/mol. The van der Waals surface area contributed by atoms with Crippen molar-refractivity contribution in [2.45, 2.75) is 26.3 Å². The lowest BCUT2D eigenvalue weighted by Crippen LogP contribution is -2.21. The molecular formula is C13H17Cl2N. The van der Waals surface area contributed by atoms with Crippen molar-refractivity contribution >= 4 is 23.2 Å². The van der Waals surface area contributed by atoms with Gasteiger partial charge >= 0.3 is 0 Å². The number of rotatable bonds is 5. The third-order valence-corrected chi connectivity index (χ3v) is 3.19. The highest BCUT2D eigenvalue weighted by Gasteiger charge is 2.15. The lowest BCUT2D eigenvalue weighted by molar-refractivity contribution is 0.548. The first kappa shape index (κ1) is 13.6. The van der Waals surface area contributed by atoms with E-state index in [1.165, 1.54) is 0 Å². The summed E-state index contributed by atoms with van der Waals surface area (Å²) in [4.78, 5) is 0. The Morgan fingerprint density at radius 1 is 1.44 bits per heavy atom. The highest BCUT2D eigenvalue weighted by Crippen LogP contribution is 2.32. The van der Waals surface area contributed by atoms with Crippen LogP contribution in [-0.2, 0) is 0 Å². The van der Waals surface area contributed by atoms with Crippen molar-refractivity contribution in [1.82, 2.24) is 5.32 Å². The van der Waals surface area contributed by atoms with Crippen molar-refractivity contribution in [3.8, 4) is 0 Å². The Morgan fingerprint density at radius 3 is 2.69 bits per heavy atom. The fraction of sp³-hybridized carbons (Fsp3) is 0.385. The maximum absolute atomic E-state index is 6.21. The van der Waals surface area contributed by atoms with Crippen molar-refractivity contribution in [1.29, 1.82) is 0 Å². The van der Waals surface area contributed by atoms with Crippen molar-refractivity contribution in [2.24, 2.45) is 0 Å². The first-order valence-corrected chi connectivity index (χ1v) is 6.13. The number of halogens is 2. The fourth-order valence-corrected chi connectivity index (χ4v) is 2.12. The molecule has 0 amide bonds. The molecule has 0 bridgehead atoms. The quantitative estimate of drug-likeness (QED) is 0.760. The molecule has 0 heterocycles. The van der Waals surface area contributed by atoms with Gasteiger partial charge < -0.3 is 5.32 Å². The van der Waals surface area contributed by atoms with Crippen LogP contribution in [0.25, 0.3) is 0 Å². The molecule has 0 aliphatic carbocycles. The number of benzene rings is 1. The molecule has 0 spiro atoms. The first-order valence-electron chi connectivity index (χ1n) is 5.38. The van der Waals surface area contributed by atoms with E-state index in [4.69, 9.17) is 23.2 Å². The molecule has 0 saturated carbocycles. The SMILES string of the molecule is C=C(C)CC(NCC)c1cccc(Cl)c1Cl. The van der Waals surface area contributed by atoms with Gasteiger partial charge in [0.05, 0.1) is 10.0 Å². The molecule has 1 aromatic rings. The van der Waals surface area contributed by atoms with Gasteiger partial charge in [0.2, 0.25) is 0 Å².